The number of carbonyl (C=O) groups excluding carboxylic acids is 1. The first-order valence-electron chi connectivity index (χ1n) is 7.63. The molecule has 1 N–H and O–H groups in total. The number of likely N-dealkylation sites (N-methyl/N-ethyl adjacent to an activating group) is 1. The van der Waals surface area contributed by atoms with Gasteiger partial charge in [0.2, 0.25) is 5.91 Å². The second-order valence-corrected chi connectivity index (χ2v) is 6.04. The maximum absolute atomic E-state index is 12.3. The molecule has 0 aliphatic heterocycles. The summed E-state index contributed by atoms with van der Waals surface area (Å²) in [6.45, 7) is 6.50. The minimum absolute atomic E-state index is 0.0554. The van der Waals surface area contributed by atoms with E-state index in [1.165, 1.54) is 0 Å². The second kappa shape index (κ2) is 7.17. The highest BCUT2D eigenvalue weighted by Crippen LogP contribution is 2.11. The van der Waals surface area contributed by atoms with Gasteiger partial charge in [0.15, 0.2) is 5.82 Å². The summed E-state index contributed by atoms with van der Waals surface area (Å²) in [6.07, 6.45) is 1.70. The average Bonchev–Trinajstić information content (AvgIpc) is 2.50. The van der Waals surface area contributed by atoms with E-state index < -0.39 is 0 Å². The monoisotopic (exact) mass is 314 g/mol. The maximum atomic E-state index is 12.3. The molecular weight excluding hydrogens is 292 g/mol. The van der Waals surface area contributed by atoms with E-state index in [9.17, 15) is 9.59 Å². The number of nitrogens with zero attached hydrogens (tertiary/aromatic N) is 3. The zero-order valence-electron chi connectivity index (χ0n) is 14.0. The van der Waals surface area contributed by atoms with Gasteiger partial charge in [-0.3, -0.25) is 14.6 Å². The van der Waals surface area contributed by atoms with Gasteiger partial charge in [0.1, 0.15) is 5.69 Å². The van der Waals surface area contributed by atoms with E-state index in [-0.39, 0.29) is 17.9 Å². The van der Waals surface area contributed by atoms with Gasteiger partial charge in [0.05, 0.1) is 6.42 Å². The first kappa shape index (κ1) is 16.9. The van der Waals surface area contributed by atoms with E-state index in [0.717, 1.165) is 0 Å². The molecule has 122 valence electrons. The number of amides is 1. The number of hydrogen-bond acceptors (Lipinski definition) is 4. The van der Waals surface area contributed by atoms with Crippen LogP contribution in [-0.4, -0.2) is 39.4 Å². The lowest BCUT2D eigenvalue weighted by Gasteiger charge is -2.19. The minimum atomic E-state index is -0.288. The highest BCUT2D eigenvalue weighted by atomic mass is 16.2. The van der Waals surface area contributed by atoms with Gasteiger partial charge in [-0.2, -0.15) is 0 Å². The number of pyridine rings is 1. The largest absolute Gasteiger partial charge is 0.345 e. The van der Waals surface area contributed by atoms with E-state index in [0.29, 0.717) is 35.2 Å². The Labute approximate surface area is 135 Å². The van der Waals surface area contributed by atoms with Crippen molar-refractivity contribution in [1.29, 1.82) is 0 Å². The van der Waals surface area contributed by atoms with Crippen LogP contribution in [0.15, 0.2) is 29.2 Å². The van der Waals surface area contributed by atoms with Crippen LogP contribution < -0.4 is 5.56 Å². The Morgan fingerprint density at radius 2 is 2.09 bits per heavy atom. The molecular formula is C17H22N4O2. The van der Waals surface area contributed by atoms with E-state index in [1.807, 2.05) is 19.9 Å². The summed E-state index contributed by atoms with van der Waals surface area (Å²) >= 11 is 0. The molecule has 0 bridgehead atoms. The lowest BCUT2D eigenvalue weighted by atomic mass is 10.1. The molecule has 2 heterocycles. The van der Waals surface area contributed by atoms with Crippen LogP contribution in [0.4, 0.5) is 0 Å². The van der Waals surface area contributed by atoms with Crippen molar-refractivity contribution in [2.75, 3.05) is 13.6 Å². The normalized spacial score (nSPS) is 10.8. The van der Waals surface area contributed by atoms with Gasteiger partial charge in [-0.05, 0) is 25.0 Å². The molecule has 0 spiro atoms. The summed E-state index contributed by atoms with van der Waals surface area (Å²) in [6, 6.07) is 5.40. The summed E-state index contributed by atoms with van der Waals surface area (Å²) < 4.78 is 0. The predicted molar refractivity (Wildman–Crippen MR) is 89.0 cm³/mol. The van der Waals surface area contributed by atoms with Crippen LogP contribution in [0.5, 0.6) is 0 Å². The molecule has 0 saturated heterocycles. The fourth-order valence-electron chi connectivity index (χ4n) is 2.38. The van der Waals surface area contributed by atoms with E-state index in [2.05, 4.69) is 15.0 Å². The summed E-state index contributed by atoms with van der Waals surface area (Å²) in [5.41, 5.74) is 1.28. The molecule has 23 heavy (non-hydrogen) atoms. The Kier molecular flexibility index (Phi) is 5.26. The molecule has 6 heteroatoms. The zero-order valence-corrected chi connectivity index (χ0v) is 14.0. The van der Waals surface area contributed by atoms with Crippen molar-refractivity contribution in [3.63, 3.8) is 0 Å². The van der Waals surface area contributed by atoms with Gasteiger partial charge in [0, 0.05) is 31.0 Å². The lowest BCUT2D eigenvalue weighted by Crippen LogP contribution is -2.33. The van der Waals surface area contributed by atoms with Crippen molar-refractivity contribution in [1.82, 2.24) is 19.9 Å². The molecule has 2 rings (SSSR count). The standard InChI is InChI=1S/C17H22N4O2/c1-11(2)10-21(4)15(22)9-13-12(3)19-16(20-17(13)23)14-7-5-6-8-18-14/h5-8,11H,9-10H2,1-4H3,(H,19,20,23). The van der Waals surface area contributed by atoms with Crippen molar-refractivity contribution in [3.05, 3.63) is 46.0 Å². The fourth-order valence-corrected chi connectivity index (χ4v) is 2.38. The van der Waals surface area contributed by atoms with Gasteiger partial charge >= 0.3 is 0 Å². The summed E-state index contributed by atoms with van der Waals surface area (Å²) in [7, 11) is 1.75. The summed E-state index contributed by atoms with van der Waals surface area (Å²) in [5.74, 6) is 0.715. The molecule has 0 fully saturated rings. The van der Waals surface area contributed by atoms with E-state index in [1.54, 1.807) is 37.2 Å². The third kappa shape index (κ3) is 4.25. The minimum Gasteiger partial charge on any atom is -0.345 e. The maximum Gasteiger partial charge on any atom is 0.255 e. The van der Waals surface area contributed by atoms with Crippen molar-refractivity contribution in [2.45, 2.75) is 27.2 Å². The molecule has 0 atom stereocenters. The number of aryl methyl sites for hydroxylation is 1. The smallest absolute Gasteiger partial charge is 0.255 e. The van der Waals surface area contributed by atoms with Crippen LogP contribution in [0.3, 0.4) is 0 Å². The number of carbonyl (C=O) groups is 1. The van der Waals surface area contributed by atoms with Crippen LogP contribution in [0.1, 0.15) is 25.1 Å². The predicted octanol–water partition coefficient (Wildman–Crippen LogP) is 1.80. The van der Waals surface area contributed by atoms with Crippen molar-refractivity contribution < 1.29 is 4.79 Å². The van der Waals surface area contributed by atoms with Crippen LogP contribution >= 0.6 is 0 Å². The molecule has 0 aliphatic carbocycles. The summed E-state index contributed by atoms with van der Waals surface area (Å²) in [4.78, 5) is 37.5. The Morgan fingerprint density at radius 1 is 1.35 bits per heavy atom. The summed E-state index contributed by atoms with van der Waals surface area (Å²) in [5, 5.41) is 0. The first-order valence-corrected chi connectivity index (χ1v) is 7.63. The van der Waals surface area contributed by atoms with Crippen LogP contribution in [0.2, 0.25) is 0 Å². The third-order valence-corrected chi connectivity index (χ3v) is 3.52. The molecule has 0 saturated carbocycles. The zero-order chi connectivity index (χ0) is 17.0. The number of hydrogen-bond donors (Lipinski definition) is 1. The molecule has 1 amide bonds. The van der Waals surface area contributed by atoms with Crippen LogP contribution in [-0.2, 0) is 11.2 Å². The second-order valence-electron chi connectivity index (χ2n) is 6.04. The fraction of sp³-hybridized carbons (Fsp3) is 0.412. The van der Waals surface area contributed by atoms with Gasteiger partial charge in [-0.25, -0.2) is 4.98 Å². The molecule has 2 aromatic heterocycles. The van der Waals surface area contributed by atoms with Gasteiger partial charge in [-0.15, -0.1) is 0 Å². The molecule has 2 aromatic rings. The van der Waals surface area contributed by atoms with E-state index >= 15 is 0 Å². The average molecular weight is 314 g/mol. The molecule has 0 aromatic carbocycles. The SMILES string of the molecule is Cc1nc(-c2ccccn2)[nH]c(=O)c1CC(=O)N(C)CC(C)C. The Morgan fingerprint density at radius 3 is 2.65 bits per heavy atom. The highest BCUT2D eigenvalue weighted by molar-refractivity contribution is 5.78. The van der Waals surface area contributed by atoms with Gasteiger partial charge in [0.25, 0.3) is 5.56 Å². The number of nitrogens with one attached hydrogen (secondary N) is 1. The van der Waals surface area contributed by atoms with Crippen molar-refractivity contribution in [2.24, 2.45) is 5.92 Å². The van der Waals surface area contributed by atoms with Crippen molar-refractivity contribution in [3.8, 4) is 11.5 Å². The van der Waals surface area contributed by atoms with E-state index in [4.69, 9.17) is 0 Å². The van der Waals surface area contributed by atoms with Crippen LogP contribution in [0.25, 0.3) is 11.5 Å². The molecule has 6 nitrogen and oxygen atoms in total. The molecule has 0 radical (unpaired) electrons. The Bertz CT molecular complexity index is 738. The Hall–Kier alpha value is -2.50. The number of aromatic nitrogens is 3. The van der Waals surface area contributed by atoms with Gasteiger partial charge < -0.3 is 9.88 Å². The highest BCUT2D eigenvalue weighted by Gasteiger charge is 2.17. The number of rotatable bonds is 5. The Balaban J connectivity index is 2.25. The first-order chi connectivity index (χ1) is 10.9. The lowest BCUT2D eigenvalue weighted by molar-refractivity contribution is -0.129. The van der Waals surface area contributed by atoms with Crippen molar-refractivity contribution >= 4 is 5.91 Å². The van der Waals surface area contributed by atoms with Gasteiger partial charge in [-0.1, -0.05) is 19.9 Å². The number of H-pyrrole nitrogens is 1. The number of aromatic amines is 1. The molecule has 0 aliphatic rings. The third-order valence-electron chi connectivity index (χ3n) is 3.52. The van der Waals surface area contributed by atoms with Crippen LogP contribution in [0, 0.1) is 12.8 Å². The quantitative estimate of drug-likeness (QED) is 0.912. The molecule has 0 unspecified atom stereocenters. The topological polar surface area (TPSA) is 79.0 Å².